The van der Waals surface area contributed by atoms with Gasteiger partial charge in [-0.05, 0) is 48.4 Å². The fourth-order valence-electron chi connectivity index (χ4n) is 2.82. The van der Waals surface area contributed by atoms with Gasteiger partial charge in [0.2, 0.25) is 0 Å². The maximum atomic E-state index is 12.4. The van der Waals surface area contributed by atoms with Crippen LogP contribution < -0.4 is 15.0 Å². The molecule has 0 aliphatic rings. The Hall–Kier alpha value is -3.32. The maximum absolute atomic E-state index is 12.4. The topological polar surface area (TPSA) is 90.5 Å². The number of hydrogen-bond donors (Lipinski definition) is 1. The molecule has 0 saturated carbocycles. The summed E-state index contributed by atoms with van der Waals surface area (Å²) in [6.07, 6.45) is 2.52. The van der Waals surface area contributed by atoms with Crippen molar-refractivity contribution in [2.75, 3.05) is 20.8 Å². The zero-order chi connectivity index (χ0) is 21.7. The van der Waals surface area contributed by atoms with E-state index in [0.717, 1.165) is 12.0 Å². The molecule has 0 aliphatic carbocycles. The van der Waals surface area contributed by atoms with Gasteiger partial charge in [0.05, 0.1) is 42.3 Å². The molecule has 0 spiro atoms. The summed E-state index contributed by atoms with van der Waals surface area (Å²) in [6.45, 7) is 2.57. The van der Waals surface area contributed by atoms with Crippen LogP contribution in [-0.2, 0) is 4.74 Å². The molecule has 1 heterocycles. The van der Waals surface area contributed by atoms with Gasteiger partial charge in [0.25, 0.3) is 5.56 Å². The first-order valence-corrected chi connectivity index (χ1v) is 9.65. The number of benzene rings is 2. The monoisotopic (exact) mass is 428 g/mol. The standard InChI is InChI=1S/C22H21ClN2O5/c1-4-9-30-19-11-13(5-8-18(19)28-2)10-16(23)20-24-17-12-14(22(27)29-3)6-7-15(17)21(26)25-20/h5-8,10-12H,4,9H2,1-3H3,(H,24,25,26)/b16-10-. The molecule has 0 amide bonds. The van der Waals surface area contributed by atoms with Crippen LogP contribution in [-0.4, -0.2) is 36.8 Å². The average molecular weight is 429 g/mol. The number of aromatic amines is 1. The van der Waals surface area contributed by atoms with E-state index in [2.05, 4.69) is 9.97 Å². The third kappa shape index (κ3) is 4.63. The second-order valence-corrected chi connectivity index (χ2v) is 6.80. The summed E-state index contributed by atoms with van der Waals surface area (Å²) in [6, 6.07) is 9.92. The third-order valence-electron chi connectivity index (χ3n) is 4.30. The number of rotatable bonds is 7. The molecule has 30 heavy (non-hydrogen) atoms. The minimum Gasteiger partial charge on any atom is -0.493 e. The number of carbonyl (C=O) groups excluding carboxylic acids is 1. The van der Waals surface area contributed by atoms with Crippen LogP contribution in [0.3, 0.4) is 0 Å². The van der Waals surface area contributed by atoms with Crippen molar-refractivity contribution >= 4 is 39.6 Å². The van der Waals surface area contributed by atoms with Crippen LogP contribution in [0.5, 0.6) is 11.5 Å². The number of esters is 1. The number of halogens is 1. The first-order valence-electron chi connectivity index (χ1n) is 9.27. The lowest BCUT2D eigenvalue weighted by Crippen LogP contribution is -2.11. The Morgan fingerprint density at radius 1 is 1.17 bits per heavy atom. The van der Waals surface area contributed by atoms with Gasteiger partial charge in [-0.3, -0.25) is 4.79 Å². The summed E-state index contributed by atoms with van der Waals surface area (Å²) in [5.74, 6) is 0.882. The normalized spacial score (nSPS) is 11.4. The molecule has 0 fully saturated rings. The van der Waals surface area contributed by atoms with E-state index in [0.29, 0.717) is 34.6 Å². The Kier molecular flexibility index (Phi) is 6.74. The summed E-state index contributed by atoms with van der Waals surface area (Å²) in [4.78, 5) is 31.3. The van der Waals surface area contributed by atoms with Crippen molar-refractivity contribution in [1.29, 1.82) is 0 Å². The van der Waals surface area contributed by atoms with Gasteiger partial charge in [-0.25, -0.2) is 9.78 Å². The predicted octanol–water partition coefficient (Wildman–Crippen LogP) is 4.24. The van der Waals surface area contributed by atoms with Gasteiger partial charge < -0.3 is 19.2 Å². The van der Waals surface area contributed by atoms with E-state index in [1.165, 1.54) is 25.3 Å². The lowest BCUT2D eigenvalue weighted by Gasteiger charge is -2.11. The van der Waals surface area contributed by atoms with Gasteiger partial charge in [-0.15, -0.1) is 0 Å². The Morgan fingerprint density at radius 3 is 2.67 bits per heavy atom. The molecule has 0 saturated heterocycles. The van der Waals surface area contributed by atoms with E-state index in [-0.39, 0.29) is 16.4 Å². The largest absolute Gasteiger partial charge is 0.493 e. The van der Waals surface area contributed by atoms with Crippen molar-refractivity contribution in [3.8, 4) is 11.5 Å². The Balaban J connectivity index is 2.01. The van der Waals surface area contributed by atoms with Gasteiger partial charge in [0, 0.05) is 0 Å². The van der Waals surface area contributed by atoms with Crippen LogP contribution in [0.25, 0.3) is 22.0 Å². The maximum Gasteiger partial charge on any atom is 0.337 e. The van der Waals surface area contributed by atoms with Gasteiger partial charge in [-0.1, -0.05) is 24.6 Å². The number of ether oxygens (including phenoxy) is 3. The number of nitrogens with zero attached hydrogens (tertiary/aromatic N) is 1. The molecule has 0 unspecified atom stereocenters. The van der Waals surface area contributed by atoms with E-state index in [9.17, 15) is 9.59 Å². The molecule has 2 aromatic carbocycles. The van der Waals surface area contributed by atoms with Crippen LogP contribution in [0, 0.1) is 0 Å². The second-order valence-electron chi connectivity index (χ2n) is 6.39. The molecule has 3 aromatic rings. The molecular weight excluding hydrogens is 408 g/mol. The number of H-pyrrole nitrogens is 1. The van der Waals surface area contributed by atoms with Crippen molar-refractivity contribution in [2.24, 2.45) is 0 Å². The first-order chi connectivity index (χ1) is 14.5. The van der Waals surface area contributed by atoms with Crippen molar-refractivity contribution < 1.29 is 19.0 Å². The first kappa shape index (κ1) is 21.4. The number of hydrogen-bond acceptors (Lipinski definition) is 6. The minimum atomic E-state index is -0.514. The number of fused-ring (bicyclic) bond motifs is 1. The number of nitrogens with one attached hydrogen (secondary N) is 1. The highest BCUT2D eigenvalue weighted by Gasteiger charge is 2.12. The molecule has 0 radical (unpaired) electrons. The summed E-state index contributed by atoms with van der Waals surface area (Å²) < 4.78 is 15.7. The van der Waals surface area contributed by atoms with Crippen molar-refractivity contribution in [3.05, 3.63) is 63.7 Å². The number of aromatic nitrogens is 2. The Bertz CT molecular complexity index is 1170. The second kappa shape index (κ2) is 9.45. The zero-order valence-electron chi connectivity index (χ0n) is 16.8. The van der Waals surface area contributed by atoms with Crippen molar-refractivity contribution in [3.63, 3.8) is 0 Å². The van der Waals surface area contributed by atoms with Crippen molar-refractivity contribution in [1.82, 2.24) is 9.97 Å². The highest BCUT2D eigenvalue weighted by Crippen LogP contribution is 2.30. The third-order valence-corrected chi connectivity index (χ3v) is 4.58. The molecule has 156 valence electrons. The van der Waals surface area contributed by atoms with E-state index < -0.39 is 5.97 Å². The zero-order valence-corrected chi connectivity index (χ0v) is 17.6. The van der Waals surface area contributed by atoms with E-state index in [1.54, 1.807) is 25.3 Å². The summed E-state index contributed by atoms with van der Waals surface area (Å²) in [5, 5.41) is 0.569. The summed E-state index contributed by atoms with van der Waals surface area (Å²) >= 11 is 6.44. The Morgan fingerprint density at radius 2 is 1.97 bits per heavy atom. The summed E-state index contributed by atoms with van der Waals surface area (Å²) in [7, 11) is 2.86. The van der Waals surface area contributed by atoms with Crippen molar-refractivity contribution in [2.45, 2.75) is 13.3 Å². The fraction of sp³-hybridized carbons (Fsp3) is 0.227. The van der Waals surface area contributed by atoms with Gasteiger partial charge in [-0.2, -0.15) is 0 Å². The van der Waals surface area contributed by atoms with Crippen LogP contribution in [0.1, 0.15) is 35.1 Å². The van der Waals surface area contributed by atoms with Gasteiger partial charge >= 0.3 is 5.97 Å². The van der Waals surface area contributed by atoms with Gasteiger partial charge in [0.1, 0.15) is 0 Å². The SMILES string of the molecule is CCCOc1cc(/C=C(\Cl)c2nc3cc(C(=O)OC)ccc3c(=O)[nH]2)ccc1OC. The molecule has 0 aliphatic heterocycles. The highest BCUT2D eigenvalue weighted by atomic mass is 35.5. The lowest BCUT2D eigenvalue weighted by molar-refractivity contribution is 0.0601. The van der Waals surface area contributed by atoms with Crippen LogP contribution in [0.2, 0.25) is 0 Å². The highest BCUT2D eigenvalue weighted by molar-refractivity contribution is 6.50. The van der Waals surface area contributed by atoms with Crippen LogP contribution >= 0.6 is 11.6 Å². The molecule has 7 nitrogen and oxygen atoms in total. The molecule has 1 N–H and O–H groups in total. The molecule has 0 atom stereocenters. The molecule has 8 heteroatoms. The predicted molar refractivity (Wildman–Crippen MR) is 116 cm³/mol. The molecule has 0 bridgehead atoms. The quantitative estimate of drug-likeness (QED) is 0.566. The number of methoxy groups -OCH3 is 2. The van der Waals surface area contributed by atoms with E-state index >= 15 is 0 Å². The van der Waals surface area contributed by atoms with E-state index in [4.69, 9.17) is 25.8 Å². The minimum absolute atomic E-state index is 0.183. The molecular formula is C22H21ClN2O5. The fourth-order valence-corrected chi connectivity index (χ4v) is 3.04. The Labute approximate surface area is 178 Å². The van der Waals surface area contributed by atoms with E-state index in [1.807, 2.05) is 13.0 Å². The smallest absolute Gasteiger partial charge is 0.337 e. The molecule has 3 rings (SSSR count). The van der Waals surface area contributed by atoms with Crippen LogP contribution in [0.4, 0.5) is 0 Å². The lowest BCUT2D eigenvalue weighted by atomic mass is 10.1. The van der Waals surface area contributed by atoms with Gasteiger partial charge in [0.15, 0.2) is 17.3 Å². The summed E-state index contributed by atoms with van der Waals surface area (Å²) in [5.41, 5.74) is 1.02. The number of carbonyl (C=O) groups is 1. The average Bonchev–Trinajstić information content (AvgIpc) is 2.76. The molecule has 1 aromatic heterocycles. The van der Waals surface area contributed by atoms with Crippen LogP contribution in [0.15, 0.2) is 41.2 Å².